The van der Waals surface area contributed by atoms with Gasteiger partial charge in [0, 0.05) is 13.6 Å². The number of nitrogen functional groups attached to an aromatic ring is 1. The van der Waals surface area contributed by atoms with Gasteiger partial charge in [-0.15, -0.1) is 0 Å². The van der Waals surface area contributed by atoms with Gasteiger partial charge in [0.2, 0.25) is 0 Å². The van der Waals surface area contributed by atoms with Crippen molar-refractivity contribution in [1.82, 2.24) is 9.69 Å². The van der Waals surface area contributed by atoms with Gasteiger partial charge in [-0.1, -0.05) is 13.8 Å². The van der Waals surface area contributed by atoms with E-state index in [9.17, 15) is 4.79 Å². The van der Waals surface area contributed by atoms with E-state index >= 15 is 0 Å². The normalized spacial score (nSPS) is 10.4. The van der Waals surface area contributed by atoms with Crippen LogP contribution in [0.5, 0.6) is 0 Å². The molecular formula is C9H16N4OS. The molecule has 6 heteroatoms. The molecule has 0 aliphatic heterocycles. The Morgan fingerprint density at radius 1 is 1.60 bits per heavy atom. The van der Waals surface area contributed by atoms with Crippen molar-refractivity contribution in [3.8, 4) is 0 Å². The SMILES string of the molecule is CNC(=O)c1c(N)nsc1NCC(C)C. The van der Waals surface area contributed by atoms with Crippen LogP contribution in [0, 0.1) is 5.92 Å². The zero-order valence-electron chi connectivity index (χ0n) is 9.13. The summed E-state index contributed by atoms with van der Waals surface area (Å²) in [6.07, 6.45) is 0. The Morgan fingerprint density at radius 2 is 2.27 bits per heavy atom. The zero-order chi connectivity index (χ0) is 11.4. The zero-order valence-corrected chi connectivity index (χ0v) is 9.94. The maximum Gasteiger partial charge on any atom is 0.257 e. The molecule has 0 aromatic carbocycles. The van der Waals surface area contributed by atoms with Crippen molar-refractivity contribution >= 4 is 28.3 Å². The lowest BCUT2D eigenvalue weighted by Gasteiger charge is -2.08. The molecular weight excluding hydrogens is 212 g/mol. The Kier molecular flexibility index (Phi) is 3.90. The predicted molar refractivity (Wildman–Crippen MR) is 63.2 cm³/mol. The second-order valence-corrected chi connectivity index (χ2v) is 4.40. The maximum absolute atomic E-state index is 11.5. The summed E-state index contributed by atoms with van der Waals surface area (Å²) in [6.45, 7) is 4.99. The molecule has 15 heavy (non-hydrogen) atoms. The minimum absolute atomic E-state index is 0.201. The lowest BCUT2D eigenvalue weighted by molar-refractivity contribution is 0.0965. The van der Waals surface area contributed by atoms with Crippen molar-refractivity contribution in [2.45, 2.75) is 13.8 Å². The maximum atomic E-state index is 11.5. The molecule has 0 radical (unpaired) electrons. The van der Waals surface area contributed by atoms with Crippen LogP contribution < -0.4 is 16.4 Å². The van der Waals surface area contributed by atoms with Gasteiger partial charge < -0.3 is 16.4 Å². The minimum atomic E-state index is -0.201. The van der Waals surface area contributed by atoms with Crippen molar-refractivity contribution in [3.05, 3.63) is 5.56 Å². The summed E-state index contributed by atoms with van der Waals surface area (Å²) in [7, 11) is 1.58. The molecule has 0 atom stereocenters. The van der Waals surface area contributed by atoms with E-state index in [1.54, 1.807) is 7.05 Å². The molecule has 0 aliphatic carbocycles. The first-order valence-electron chi connectivity index (χ1n) is 4.77. The molecule has 0 aliphatic rings. The van der Waals surface area contributed by atoms with Crippen LogP contribution in [0.3, 0.4) is 0 Å². The highest BCUT2D eigenvalue weighted by Crippen LogP contribution is 2.26. The van der Waals surface area contributed by atoms with Crippen molar-refractivity contribution in [2.24, 2.45) is 5.92 Å². The van der Waals surface area contributed by atoms with Crippen LogP contribution in [0.1, 0.15) is 24.2 Å². The van der Waals surface area contributed by atoms with E-state index in [-0.39, 0.29) is 11.7 Å². The van der Waals surface area contributed by atoms with Gasteiger partial charge in [-0.3, -0.25) is 4.79 Å². The molecule has 1 rings (SSSR count). The van der Waals surface area contributed by atoms with Gasteiger partial charge in [-0.05, 0) is 17.5 Å². The molecule has 5 nitrogen and oxygen atoms in total. The molecule has 0 fully saturated rings. The van der Waals surface area contributed by atoms with Gasteiger partial charge in [0.05, 0.1) is 0 Å². The molecule has 1 aromatic rings. The Labute approximate surface area is 93.2 Å². The van der Waals surface area contributed by atoms with Gasteiger partial charge in [-0.2, -0.15) is 4.37 Å². The smallest absolute Gasteiger partial charge is 0.257 e. The van der Waals surface area contributed by atoms with Crippen LogP contribution in [0.4, 0.5) is 10.8 Å². The van der Waals surface area contributed by atoms with E-state index in [0.717, 1.165) is 11.5 Å². The number of anilines is 2. The van der Waals surface area contributed by atoms with Gasteiger partial charge >= 0.3 is 0 Å². The third-order valence-electron chi connectivity index (χ3n) is 1.84. The topological polar surface area (TPSA) is 80.0 Å². The number of amides is 1. The molecule has 0 saturated heterocycles. The molecule has 0 bridgehead atoms. The van der Waals surface area contributed by atoms with E-state index < -0.39 is 0 Å². The number of rotatable bonds is 4. The molecule has 1 heterocycles. The molecule has 0 saturated carbocycles. The first-order valence-corrected chi connectivity index (χ1v) is 5.54. The van der Waals surface area contributed by atoms with Crippen LogP contribution in [-0.2, 0) is 0 Å². The number of nitrogens with one attached hydrogen (secondary N) is 2. The Morgan fingerprint density at radius 3 is 2.80 bits per heavy atom. The molecule has 1 amide bonds. The van der Waals surface area contributed by atoms with E-state index in [1.807, 2.05) is 0 Å². The number of carbonyl (C=O) groups excluding carboxylic acids is 1. The third kappa shape index (κ3) is 2.82. The lowest BCUT2D eigenvalue weighted by atomic mass is 10.2. The first kappa shape index (κ1) is 11.8. The monoisotopic (exact) mass is 228 g/mol. The molecule has 84 valence electrons. The summed E-state index contributed by atoms with van der Waals surface area (Å²) in [5, 5.41) is 6.44. The van der Waals surface area contributed by atoms with Crippen molar-refractivity contribution < 1.29 is 4.79 Å². The van der Waals surface area contributed by atoms with Crippen LogP contribution >= 0.6 is 11.5 Å². The second kappa shape index (κ2) is 4.97. The van der Waals surface area contributed by atoms with Crippen LogP contribution in [-0.4, -0.2) is 23.9 Å². The standard InChI is InChI=1S/C9H16N4OS/c1-5(2)4-12-9-6(8(14)11-3)7(10)13-15-9/h5,12H,4H2,1-3H3,(H2,10,13)(H,11,14). The summed E-state index contributed by atoms with van der Waals surface area (Å²) >= 11 is 1.21. The highest BCUT2D eigenvalue weighted by Gasteiger charge is 2.17. The highest BCUT2D eigenvalue weighted by atomic mass is 32.1. The van der Waals surface area contributed by atoms with Crippen molar-refractivity contribution in [3.63, 3.8) is 0 Å². The average Bonchev–Trinajstić information content (AvgIpc) is 2.55. The van der Waals surface area contributed by atoms with Gasteiger partial charge in [0.25, 0.3) is 5.91 Å². The predicted octanol–water partition coefficient (Wildman–Crippen LogP) is 1.15. The summed E-state index contributed by atoms with van der Waals surface area (Å²) in [5.74, 6) is 0.587. The number of carbonyl (C=O) groups is 1. The number of nitrogens with two attached hydrogens (primary N) is 1. The van der Waals surface area contributed by atoms with Gasteiger partial charge in [0.15, 0.2) is 5.82 Å². The largest absolute Gasteiger partial charge is 0.382 e. The first-order chi connectivity index (χ1) is 7.06. The summed E-state index contributed by atoms with van der Waals surface area (Å²) in [4.78, 5) is 11.5. The lowest BCUT2D eigenvalue weighted by Crippen LogP contribution is -2.20. The van der Waals surface area contributed by atoms with Crippen molar-refractivity contribution in [2.75, 3.05) is 24.6 Å². The minimum Gasteiger partial charge on any atom is -0.382 e. The fourth-order valence-electron chi connectivity index (χ4n) is 1.06. The Hall–Kier alpha value is -1.30. The van der Waals surface area contributed by atoms with E-state index in [0.29, 0.717) is 11.5 Å². The molecule has 0 spiro atoms. The Bertz CT molecular complexity index is 348. The number of hydrogen-bond donors (Lipinski definition) is 3. The van der Waals surface area contributed by atoms with Crippen LogP contribution in [0.15, 0.2) is 0 Å². The molecule has 4 N–H and O–H groups in total. The number of aromatic nitrogens is 1. The third-order valence-corrected chi connectivity index (χ3v) is 2.66. The van der Waals surface area contributed by atoms with E-state index in [1.165, 1.54) is 11.5 Å². The van der Waals surface area contributed by atoms with E-state index in [2.05, 4.69) is 28.9 Å². The number of nitrogens with zero attached hydrogens (tertiary/aromatic N) is 1. The van der Waals surface area contributed by atoms with Gasteiger partial charge in [-0.25, -0.2) is 0 Å². The highest BCUT2D eigenvalue weighted by molar-refractivity contribution is 7.11. The van der Waals surface area contributed by atoms with Crippen LogP contribution in [0.25, 0.3) is 0 Å². The fourth-order valence-corrected chi connectivity index (χ4v) is 1.78. The summed E-state index contributed by atoms with van der Waals surface area (Å²) in [6, 6.07) is 0. The van der Waals surface area contributed by atoms with E-state index in [4.69, 9.17) is 5.73 Å². The van der Waals surface area contributed by atoms with Crippen LogP contribution in [0.2, 0.25) is 0 Å². The summed E-state index contributed by atoms with van der Waals surface area (Å²) < 4.78 is 3.96. The second-order valence-electron chi connectivity index (χ2n) is 3.63. The number of hydrogen-bond acceptors (Lipinski definition) is 5. The van der Waals surface area contributed by atoms with Gasteiger partial charge in [0.1, 0.15) is 10.6 Å². The Balaban J connectivity index is 2.84. The van der Waals surface area contributed by atoms with Crippen molar-refractivity contribution in [1.29, 1.82) is 0 Å². The summed E-state index contributed by atoms with van der Waals surface area (Å²) in [5.41, 5.74) is 6.07. The molecule has 1 aromatic heterocycles. The molecule has 0 unspecified atom stereocenters. The quantitative estimate of drug-likeness (QED) is 0.722. The fraction of sp³-hybridized carbons (Fsp3) is 0.556. The average molecular weight is 228 g/mol.